The lowest BCUT2D eigenvalue weighted by molar-refractivity contribution is -0.120. The van der Waals surface area contributed by atoms with Crippen LogP contribution in [-0.4, -0.2) is 52.4 Å². The van der Waals surface area contributed by atoms with Crippen molar-refractivity contribution in [1.29, 1.82) is 0 Å². The number of anilines is 2. The Bertz CT molecular complexity index is 1110. The van der Waals surface area contributed by atoms with E-state index in [2.05, 4.69) is 35.8 Å². The van der Waals surface area contributed by atoms with Crippen molar-refractivity contribution < 1.29 is 9.59 Å². The van der Waals surface area contributed by atoms with E-state index >= 15 is 0 Å². The molecule has 2 amide bonds. The highest BCUT2D eigenvalue weighted by Crippen LogP contribution is 2.25. The number of hydrogen-bond acceptors (Lipinski definition) is 6. The van der Waals surface area contributed by atoms with Gasteiger partial charge < -0.3 is 25.8 Å². The maximum atomic E-state index is 12.6. The third-order valence-electron chi connectivity index (χ3n) is 5.70. The van der Waals surface area contributed by atoms with E-state index in [0.717, 1.165) is 47.5 Å². The molecule has 30 heavy (non-hydrogen) atoms. The number of carbonyl (C=O) groups is 2. The van der Waals surface area contributed by atoms with Gasteiger partial charge >= 0.3 is 0 Å². The topological polar surface area (TPSA) is 115 Å². The van der Waals surface area contributed by atoms with E-state index in [9.17, 15) is 9.59 Å². The third kappa shape index (κ3) is 3.42. The van der Waals surface area contributed by atoms with Crippen molar-refractivity contribution in [2.24, 2.45) is 0 Å². The van der Waals surface area contributed by atoms with Gasteiger partial charge in [0.15, 0.2) is 0 Å². The molecule has 1 unspecified atom stereocenters. The molecule has 3 aromatic rings. The zero-order chi connectivity index (χ0) is 20.5. The van der Waals surface area contributed by atoms with Crippen LogP contribution in [0.4, 0.5) is 11.5 Å². The van der Waals surface area contributed by atoms with Gasteiger partial charge in [0.05, 0.1) is 11.9 Å². The quantitative estimate of drug-likeness (QED) is 0.510. The normalized spacial score (nSPS) is 18.2. The molecule has 9 heteroatoms. The number of nitrogens with zero attached hydrogens (tertiary/aromatic N) is 3. The maximum Gasteiger partial charge on any atom is 0.251 e. The molecule has 0 bridgehead atoms. The zero-order valence-electron chi connectivity index (χ0n) is 16.4. The number of aromatic amines is 1. The molecule has 2 aliphatic rings. The van der Waals surface area contributed by atoms with Gasteiger partial charge in [-0.25, -0.2) is 9.97 Å². The molecule has 4 heterocycles. The van der Waals surface area contributed by atoms with Crippen molar-refractivity contribution in [3.63, 3.8) is 0 Å². The molecule has 4 N–H and O–H groups in total. The van der Waals surface area contributed by atoms with Crippen molar-refractivity contribution in [2.75, 3.05) is 29.9 Å². The molecule has 0 spiro atoms. The number of fused-ring (bicyclic) bond motifs is 2. The van der Waals surface area contributed by atoms with Crippen molar-refractivity contribution in [1.82, 2.24) is 25.6 Å². The fourth-order valence-corrected chi connectivity index (χ4v) is 4.27. The highest BCUT2D eigenvalue weighted by molar-refractivity contribution is 6.00. The lowest BCUT2D eigenvalue weighted by Crippen LogP contribution is -2.49. The molecule has 0 saturated carbocycles. The van der Waals surface area contributed by atoms with E-state index in [1.54, 1.807) is 12.4 Å². The van der Waals surface area contributed by atoms with Crippen LogP contribution in [0.2, 0.25) is 0 Å². The second-order valence-corrected chi connectivity index (χ2v) is 7.66. The lowest BCUT2D eigenvalue weighted by atomic mass is 10.1. The van der Waals surface area contributed by atoms with Crippen LogP contribution in [0.1, 0.15) is 28.8 Å². The van der Waals surface area contributed by atoms with E-state index in [4.69, 9.17) is 0 Å². The third-order valence-corrected chi connectivity index (χ3v) is 5.70. The fourth-order valence-electron chi connectivity index (χ4n) is 4.27. The second kappa shape index (κ2) is 7.66. The van der Waals surface area contributed by atoms with Crippen LogP contribution in [0, 0.1) is 0 Å². The SMILES string of the molecule is O=C(CNc1cccc2c1CNC2=O)NC1CCCN(c2ncnc3[nH]ccc23)C1. The Morgan fingerprint density at radius 1 is 1.27 bits per heavy atom. The average molecular weight is 405 g/mol. The summed E-state index contributed by atoms with van der Waals surface area (Å²) in [5.74, 6) is 0.767. The summed E-state index contributed by atoms with van der Waals surface area (Å²) in [4.78, 5) is 38.4. The Hall–Kier alpha value is -3.62. The molecule has 9 nitrogen and oxygen atoms in total. The fraction of sp³-hybridized carbons (Fsp3) is 0.333. The van der Waals surface area contributed by atoms with Crippen LogP contribution >= 0.6 is 0 Å². The molecular weight excluding hydrogens is 382 g/mol. The Morgan fingerprint density at radius 3 is 3.13 bits per heavy atom. The number of nitrogens with one attached hydrogen (secondary N) is 4. The minimum absolute atomic E-state index is 0.0572. The molecule has 2 aromatic heterocycles. The Labute approximate surface area is 173 Å². The molecule has 1 saturated heterocycles. The van der Waals surface area contributed by atoms with E-state index in [1.165, 1.54) is 0 Å². The van der Waals surface area contributed by atoms with Crippen molar-refractivity contribution in [3.8, 4) is 0 Å². The summed E-state index contributed by atoms with van der Waals surface area (Å²) >= 11 is 0. The maximum absolute atomic E-state index is 12.6. The predicted octanol–water partition coefficient (Wildman–Crippen LogP) is 1.40. The molecule has 5 rings (SSSR count). The van der Waals surface area contributed by atoms with Gasteiger partial charge in [-0.2, -0.15) is 0 Å². The van der Waals surface area contributed by atoms with Gasteiger partial charge in [0.25, 0.3) is 5.91 Å². The summed E-state index contributed by atoms with van der Waals surface area (Å²) in [6.07, 6.45) is 5.34. The average Bonchev–Trinajstić information content (AvgIpc) is 3.39. The Kier molecular flexibility index (Phi) is 4.70. The first-order chi connectivity index (χ1) is 14.7. The van der Waals surface area contributed by atoms with Gasteiger partial charge in [-0.1, -0.05) is 6.07 Å². The summed E-state index contributed by atoms with van der Waals surface area (Å²) in [7, 11) is 0. The number of carbonyl (C=O) groups excluding carboxylic acids is 2. The van der Waals surface area contributed by atoms with Gasteiger partial charge in [0.1, 0.15) is 17.8 Å². The highest BCUT2D eigenvalue weighted by Gasteiger charge is 2.25. The largest absolute Gasteiger partial charge is 0.376 e. The number of rotatable bonds is 5. The van der Waals surface area contributed by atoms with E-state index in [0.29, 0.717) is 18.7 Å². The van der Waals surface area contributed by atoms with Gasteiger partial charge in [-0.3, -0.25) is 9.59 Å². The molecule has 1 fully saturated rings. The summed E-state index contributed by atoms with van der Waals surface area (Å²) in [5, 5.41) is 10.1. The van der Waals surface area contributed by atoms with Gasteiger partial charge in [0, 0.05) is 48.7 Å². The van der Waals surface area contributed by atoms with Crippen molar-refractivity contribution >= 4 is 34.4 Å². The van der Waals surface area contributed by atoms with Gasteiger partial charge in [-0.15, -0.1) is 0 Å². The number of hydrogen-bond donors (Lipinski definition) is 4. The van der Waals surface area contributed by atoms with Crippen LogP contribution in [0.3, 0.4) is 0 Å². The highest BCUT2D eigenvalue weighted by atomic mass is 16.2. The van der Waals surface area contributed by atoms with Crippen LogP contribution in [-0.2, 0) is 11.3 Å². The molecule has 2 aliphatic heterocycles. The van der Waals surface area contributed by atoms with E-state index < -0.39 is 0 Å². The minimum atomic E-state index is -0.0679. The minimum Gasteiger partial charge on any atom is -0.376 e. The number of H-pyrrole nitrogens is 1. The van der Waals surface area contributed by atoms with Crippen molar-refractivity contribution in [2.45, 2.75) is 25.4 Å². The molecule has 0 aliphatic carbocycles. The molecule has 154 valence electrons. The van der Waals surface area contributed by atoms with E-state index in [-0.39, 0.29) is 24.4 Å². The van der Waals surface area contributed by atoms with Gasteiger partial charge in [-0.05, 0) is 31.0 Å². The molecular formula is C21H23N7O2. The van der Waals surface area contributed by atoms with Crippen LogP contribution in [0.25, 0.3) is 11.0 Å². The standard InChI is InChI=1S/C21H23N7O2/c29-18(10-23-17-5-1-4-14-16(17)9-24-21(14)30)27-13-3-2-8-28(11-13)20-15-6-7-22-19(15)25-12-26-20/h1,4-7,12-13,23H,2-3,8-11H2,(H,24,30)(H,27,29)(H,22,25,26). The van der Waals surface area contributed by atoms with Crippen LogP contribution < -0.4 is 20.9 Å². The Morgan fingerprint density at radius 2 is 2.20 bits per heavy atom. The summed E-state index contributed by atoms with van der Waals surface area (Å²) in [6, 6.07) is 7.56. The summed E-state index contributed by atoms with van der Waals surface area (Å²) in [6.45, 7) is 2.26. The number of benzene rings is 1. The van der Waals surface area contributed by atoms with Crippen LogP contribution in [0.15, 0.2) is 36.8 Å². The van der Waals surface area contributed by atoms with Crippen LogP contribution in [0.5, 0.6) is 0 Å². The number of piperidine rings is 1. The molecule has 1 aromatic carbocycles. The Balaban J connectivity index is 1.21. The molecule has 0 radical (unpaired) electrons. The lowest BCUT2D eigenvalue weighted by Gasteiger charge is -2.34. The monoisotopic (exact) mass is 405 g/mol. The van der Waals surface area contributed by atoms with Crippen molar-refractivity contribution in [3.05, 3.63) is 47.9 Å². The first-order valence-corrected chi connectivity index (χ1v) is 10.2. The first kappa shape index (κ1) is 18.4. The number of amides is 2. The predicted molar refractivity (Wildman–Crippen MR) is 113 cm³/mol. The zero-order valence-corrected chi connectivity index (χ0v) is 16.4. The number of aromatic nitrogens is 3. The smallest absolute Gasteiger partial charge is 0.251 e. The molecule has 1 atom stereocenters. The first-order valence-electron chi connectivity index (χ1n) is 10.2. The summed E-state index contributed by atoms with van der Waals surface area (Å²) in [5.41, 5.74) is 3.23. The summed E-state index contributed by atoms with van der Waals surface area (Å²) < 4.78 is 0. The van der Waals surface area contributed by atoms with Gasteiger partial charge in [0.2, 0.25) is 5.91 Å². The van der Waals surface area contributed by atoms with E-state index in [1.807, 2.05) is 24.4 Å². The second-order valence-electron chi connectivity index (χ2n) is 7.66.